The van der Waals surface area contributed by atoms with E-state index in [4.69, 9.17) is 9.73 Å². The fraction of sp³-hybridized carbons (Fsp3) is 0.615. The molecule has 1 amide bonds. The summed E-state index contributed by atoms with van der Waals surface area (Å²) in [4.78, 5) is 28.9. The zero-order chi connectivity index (χ0) is 24.8. The summed E-state index contributed by atoms with van der Waals surface area (Å²) in [5.74, 6) is 2.93. The summed E-state index contributed by atoms with van der Waals surface area (Å²) in [5, 5.41) is 12.9. The minimum atomic E-state index is -0.511. The quantitative estimate of drug-likeness (QED) is 0.712. The van der Waals surface area contributed by atoms with Crippen molar-refractivity contribution in [2.24, 2.45) is 10.4 Å². The minimum absolute atomic E-state index is 0.0552. The molecule has 1 saturated heterocycles. The molecule has 0 unspecified atom stereocenters. The molecule has 1 spiro atoms. The monoisotopic (exact) mass is 477 g/mol. The number of likely N-dealkylation sites (tertiary alicyclic amines) is 1. The van der Waals surface area contributed by atoms with Crippen LogP contribution in [0.2, 0.25) is 0 Å². The summed E-state index contributed by atoms with van der Waals surface area (Å²) in [6.45, 7) is 11.3. The second-order valence-electron chi connectivity index (χ2n) is 10.9. The number of pyridine rings is 1. The first-order valence-corrected chi connectivity index (χ1v) is 12.7. The van der Waals surface area contributed by atoms with E-state index in [0.717, 1.165) is 56.4 Å². The number of amides is 1. The number of carbonyl (C=O) groups excluding carboxylic acids is 1. The Morgan fingerprint density at radius 1 is 1.40 bits per heavy atom. The number of hydrogen-bond donors (Lipinski definition) is 1. The number of hydrogen-bond acceptors (Lipinski definition) is 8. The summed E-state index contributed by atoms with van der Waals surface area (Å²) >= 11 is 0. The van der Waals surface area contributed by atoms with Crippen LogP contribution >= 0.6 is 0 Å². The molecule has 186 valence electrons. The van der Waals surface area contributed by atoms with Gasteiger partial charge in [-0.15, -0.1) is 0 Å². The number of anilines is 1. The van der Waals surface area contributed by atoms with Gasteiger partial charge >= 0.3 is 6.09 Å². The van der Waals surface area contributed by atoms with Gasteiger partial charge in [0.05, 0.1) is 17.7 Å². The van der Waals surface area contributed by atoms with Crippen LogP contribution < -0.4 is 10.2 Å². The number of aromatic nitrogens is 1. The first kappa shape index (κ1) is 23.5. The first-order valence-electron chi connectivity index (χ1n) is 12.7. The molecular weight excluding hydrogens is 442 g/mol. The average molecular weight is 478 g/mol. The van der Waals surface area contributed by atoms with Crippen molar-refractivity contribution in [3.63, 3.8) is 0 Å². The van der Waals surface area contributed by atoms with E-state index in [1.54, 1.807) is 12.3 Å². The number of carbonyl (C=O) groups is 1. The topological polar surface area (TPSA) is 97.1 Å². The predicted octanol–water partition coefficient (Wildman–Crippen LogP) is 3.45. The van der Waals surface area contributed by atoms with Crippen molar-refractivity contribution in [3.05, 3.63) is 35.3 Å². The zero-order valence-corrected chi connectivity index (χ0v) is 21.2. The molecule has 1 aliphatic carbocycles. The number of fused-ring (bicyclic) bond motifs is 1. The van der Waals surface area contributed by atoms with Crippen LogP contribution in [0, 0.1) is 16.7 Å². The molecule has 4 heterocycles. The second-order valence-corrected chi connectivity index (χ2v) is 10.9. The molecule has 1 saturated carbocycles. The summed E-state index contributed by atoms with van der Waals surface area (Å²) < 4.78 is 5.68. The lowest BCUT2D eigenvalue weighted by Gasteiger charge is -2.42. The van der Waals surface area contributed by atoms with Crippen LogP contribution in [0.3, 0.4) is 0 Å². The highest BCUT2D eigenvalue weighted by Gasteiger charge is 2.53. The van der Waals surface area contributed by atoms with Crippen LogP contribution in [-0.4, -0.2) is 71.2 Å². The SMILES string of the molecule is CCN(C(=O)OC(C)(C)C)[C@H]1CCN(C2=NCNC3=C2C2(CCC2)CN3c2cc(C#N)ccn2)C1. The van der Waals surface area contributed by atoms with Gasteiger partial charge in [-0.1, -0.05) is 6.42 Å². The standard InChI is InChI=1S/C26H35N7O2/c1-5-32(24(34)35-25(2,3)4)19-8-12-31(15-19)22-21-23(30-17-29-22)33(16-26(21)9-6-10-26)20-13-18(14-27)7-11-28-20/h7,11,13,19,30H,5-6,8-10,12,15-17H2,1-4H3/t19-/m0/s1. The normalized spacial score (nSPS) is 22.8. The van der Waals surface area contributed by atoms with Crippen LogP contribution in [0.1, 0.15) is 58.9 Å². The molecule has 2 fully saturated rings. The van der Waals surface area contributed by atoms with Gasteiger partial charge < -0.3 is 24.8 Å². The maximum atomic E-state index is 12.9. The van der Waals surface area contributed by atoms with Crippen molar-refractivity contribution < 1.29 is 9.53 Å². The van der Waals surface area contributed by atoms with E-state index in [9.17, 15) is 10.1 Å². The highest BCUT2D eigenvalue weighted by Crippen LogP contribution is 2.54. The third kappa shape index (κ3) is 4.19. The lowest BCUT2D eigenvalue weighted by atomic mass is 9.64. The number of likely N-dealkylation sites (N-methyl/N-ethyl adjacent to an activating group) is 1. The smallest absolute Gasteiger partial charge is 0.410 e. The molecule has 0 radical (unpaired) electrons. The summed E-state index contributed by atoms with van der Waals surface area (Å²) in [5.41, 5.74) is 1.43. The second kappa shape index (κ2) is 8.74. The number of nitrogens with one attached hydrogen (secondary N) is 1. The predicted molar refractivity (Wildman–Crippen MR) is 134 cm³/mol. The first-order chi connectivity index (χ1) is 16.7. The zero-order valence-electron chi connectivity index (χ0n) is 21.2. The van der Waals surface area contributed by atoms with E-state index in [-0.39, 0.29) is 17.6 Å². The largest absolute Gasteiger partial charge is 0.444 e. The van der Waals surface area contributed by atoms with E-state index in [1.807, 2.05) is 38.7 Å². The molecule has 0 bridgehead atoms. The Morgan fingerprint density at radius 3 is 2.86 bits per heavy atom. The number of amidine groups is 1. The third-order valence-electron chi connectivity index (χ3n) is 7.53. The van der Waals surface area contributed by atoms with Crippen molar-refractivity contribution in [1.29, 1.82) is 5.26 Å². The highest BCUT2D eigenvalue weighted by molar-refractivity contribution is 6.02. The van der Waals surface area contributed by atoms with Gasteiger partial charge in [0.25, 0.3) is 0 Å². The lowest BCUT2D eigenvalue weighted by molar-refractivity contribution is 0.0184. The molecule has 1 aromatic rings. The Balaban J connectivity index is 1.41. The number of nitrogens with zero attached hydrogens (tertiary/aromatic N) is 6. The molecule has 0 aromatic carbocycles. The van der Waals surface area contributed by atoms with Gasteiger partial charge in [0.1, 0.15) is 29.7 Å². The van der Waals surface area contributed by atoms with Gasteiger partial charge in [-0.3, -0.25) is 0 Å². The van der Waals surface area contributed by atoms with E-state index in [1.165, 1.54) is 12.0 Å². The Kier molecular flexibility index (Phi) is 5.86. The lowest BCUT2D eigenvalue weighted by Crippen LogP contribution is -2.47. The van der Waals surface area contributed by atoms with Crippen molar-refractivity contribution in [2.45, 2.75) is 65.0 Å². The number of aliphatic imine (C=N–C) groups is 1. The molecule has 9 heteroatoms. The molecule has 3 aliphatic heterocycles. The Labute approximate surface area is 207 Å². The fourth-order valence-electron chi connectivity index (χ4n) is 5.79. The molecule has 1 N–H and O–H groups in total. The Hall–Kier alpha value is -3.28. The van der Waals surface area contributed by atoms with Gasteiger partial charge in [0, 0.05) is 43.4 Å². The van der Waals surface area contributed by atoms with Crippen molar-refractivity contribution in [2.75, 3.05) is 37.7 Å². The Morgan fingerprint density at radius 2 is 2.20 bits per heavy atom. The highest BCUT2D eigenvalue weighted by atomic mass is 16.6. The Bertz CT molecular complexity index is 1110. The summed E-state index contributed by atoms with van der Waals surface area (Å²) in [7, 11) is 0. The van der Waals surface area contributed by atoms with Gasteiger partial charge in [0.15, 0.2) is 0 Å². The average Bonchev–Trinajstić information content (AvgIpc) is 3.42. The van der Waals surface area contributed by atoms with E-state index >= 15 is 0 Å². The molecule has 9 nitrogen and oxygen atoms in total. The maximum Gasteiger partial charge on any atom is 0.410 e. The maximum absolute atomic E-state index is 12.9. The van der Waals surface area contributed by atoms with Gasteiger partial charge in [-0.05, 0) is 59.1 Å². The fourth-order valence-corrected chi connectivity index (χ4v) is 5.79. The van der Waals surface area contributed by atoms with E-state index in [0.29, 0.717) is 18.8 Å². The third-order valence-corrected chi connectivity index (χ3v) is 7.53. The molecule has 35 heavy (non-hydrogen) atoms. The van der Waals surface area contributed by atoms with Crippen LogP contribution in [-0.2, 0) is 4.74 Å². The molecule has 1 aromatic heterocycles. The van der Waals surface area contributed by atoms with Crippen LogP contribution in [0.4, 0.5) is 10.6 Å². The van der Waals surface area contributed by atoms with Crippen molar-refractivity contribution in [1.82, 2.24) is 20.1 Å². The van der Waals surface area contributed by atoms with E-state index in [2.05, 4.69) is 26.2 Å². The van der Waals surface area contributed by atoms with Gasteiger partial charge in [-0.2, -0.15) is 5.26 Å². The van der Waals surface area contributed by atoms with Gasteiger partial charge in [-0.25, -0.2) is 14.8 Å². The molecule has 5 rings (SSSR count). The number of ether oxygens (including phenoxy) is 1. The van der Waals surface area contributed by atoms with Gasteiger partial charge in [0.2, 0.25) is 0 Å². The molecule has 4 aliphatic rings. The van der Waals surface area contributed by atoms with E-state index < -0.39 is 5.60 Å². The number of nitriles is 1. The molecule has 1 atom stereocenters. The van der Waals surface area contributed by atoms with Crippen molar-refractivity contribution in [3.8, 4) is 6.07 Å². The van der Waals surface area contributed by atoms with Crippen LogP contribution in [0.25, 0.3) is 0 Å². The molecular formula is C26H35N7O2. The van der Waals surface area contributed by atoms with Crippen molar-refractivity contribution >= 4 is 17.7 Å². The minimum Gasteiger partial charge on any atom is -0.444 e. The number of rotatable bonds is 3. The summed E-state index contributed by atoms with van der Waals surface area (Å²) in [6, 6.07) is 5.93. The summed E-state index contributed by atoms with van der Waals surface area (Å²) in [6.07, 6.45) is 5.80. The van der Waals surface area contributed by atoms with Crippen LogP contribution in [0.15, 0.2) is 34.7 Å². The van der Waals surface area contributed by atoms with Crippen LogP contribution in [0.5, 0.6) is 0 Å².